The van der Waals surface area contributed by atoms with Crippen molar-refractivity contribution >= 4 is 23.4 Å². The van der Waals surface area contributed by atoms with Gasteiger partial charge in [0.05, 0.1) is 12.1 Å². The fourth-order valence-corrected chi connectivity index (χ4v) is 5.71. The fourth-order valence-electron chi connectivity index (χ4n) is 4.41. The number of aliphatic hydroxyl groups is 1. The minimum Gasteiger partial charge on any atom is -0.508 e. The number of β-lactam (4-membered cyclic amide) rings is 1. The van der Waals surface area contributed by atoms with Crippen LogP contribution in [0.5, 0.6) is 5.75 Å². The van der Waals surface area contributed by atoms with Crippen LogP contribution in [0.4, 0.5) is 10.1 Å². The van der Waals surface area contributed by atoms with Crippen LogP contribution in [0.15, 0.2) is 91.3 Å². The summed E-state index contributed by atoms with van der Waals surface area (Å²) in [6, 6.07) is 22.2. The van der Waals surface area contributed by atoms with E-state index in [2.05, 4.69) is 11.1 Å². The number of aromatic nitrogens is 1. The van der Waals surface area contributed by atoms with E-state index in [9.17, 15) is 19.4 Å². The molecule has 1 aliphatic rings. The molecule has 3 atom stereocenters. The maximum atomic E-state index is 13.3. The number of thioether (sulfide) groups is 1. The van der Waals surface area contributed by atoms with Crippen molar-refractivity contribution in [3.63, 3.8) is 0 Å². The van der Waals surface area contributed by atoms with Crippen LogP contribution >= 0.6 is 11.8 Å². The molecule has 1 aromatic heterocycles. The minimum absolute atomic E-state index is 0.0469. The average Bonchev–Trinajstić information content (AvgIpc) is 2.88. The van der Waals surface area contributed by atoms with Crippen molar-refractivity contribution in [2.24, 2.45) is 0 Å². The molecule has 182 valence electrons. The third kappa shape index (κ3) is 4.85. The number of aliphatic hydroxyl groups excluding tert-OH is 1. The van der Waals surface area contributed by atoms with Crippen molar-refractivity contribution in [3.8, 4) is 16.9 Å². The number of anilines is 1. The number of hydrogen-bond acceptors (Lipinski definition) is 5. The van der Waals surface area contributed by atoms with Gasteiger partial charge in [0.25, 0.3) is 0 Å². The first-order valence-corrected chi connectivity index (χ1v) is 12.6. The molecule has 0 spiro atoms. The Morgan fingerprint density at radius 2 is 1.67 bits per heavy atom. The number of carbonyl (C=O) groups is 1. The summed E-state index contributed by atoms with van der Waals surface area (Å²) in [7, 11) is 0. The lowest BCUT2D eigenvalue weighted by Crippen LogP contribution is -2.57. The summed E-state index contributed by atoms with van der Waals surface area (Å²) < 4.78 is 13.2. The predicted octanol–water partition coefficient (Wildman–Crippen LogP) is 5.83. The number of aryl methyl sites for hydroxylation is 1. The Morgan fingerprint density at radius 1 is 0.972 bits per heavy atom. The molecule has 1 fully saturated rings. The number of amides is 1. The van der Waals surface area contributed by atoms with Gasteiger partial charge in [-0.2, -0.15) is 0 Å². The first-order valence-electron chi connectivity index (χ1n) is 11.6. The number of hydrogen-bond donors (Lipinski definition) is 2. The Bertz CT molecular complexity index is 1360. The summed E-state index contributed by atoms with van der Waals surface area (Å²) in [5, 5.41) is 20.0. The summed E-state index contributed by atoms with van der Waals surface area (Å²) in [4.78, 5) is 19.3. The van der Waals surface area contributed by atoms with Crippen molar-refractivity contribution in [3.05, 3.63) is 114 Å². The van der Waals surface area contributed by atoms with Crippen molar-refractivity contribution < 1.29 is 19.4 Å². The largest absolute Gasteiger partial charge is 0.508 e. The van der Waals surface area contributed by atoms with Gasteiger partial charge in [0, 0.05) is 29.4 Å². The highest BCUT2D eigenvalue weighted by Crippen LogP contribution is 2.46. The molecule has 1 saturated heterocycles. The molecule has 5 rings (SSSR count). The van der Waals surface area contributed by atoms with Gasteiger partial charge in [0.1, 0.15) is 16.8 Å². The van der Waals surface area contributed by atoms with Crippen LogP contribution in [0, 0.1) is 12.7 Å². The molecule has 2 N–H and O–H groups in total. The summed E-state index contributed by atoms with van der Waals surface area (Å²) in [5.41, 5.74) is 5.37. The SMILES string of the molecule is Cc1cncc(-c2ccc(N3C(=O)[C@H](SC[C@H](O)c4ccc(F)cc4)[C@H]3c3ccc(O)cc3)cc2)c1. The van der Waals surface area contributed by atoms with Gasteiger partial charge in [-0.15, -0.1) is 11.8 Å². The highest BCUT2D eigenvalue weighted by molar-refractivity contribution is 8.00. The Hall–Kier alpha value is -3.68. The van der Waals surface area contributed by atoms with Gasteiger partial charge in [-0.3, -0.25) is 9.78 Å². The van der Waals surface area contributed by atoms with E-state index in [4.69, 9.17) is 0 Å². The first-order chi connectivity index (χ1) is 17.4. The predicted molar refractivity (Wildman–Crippen MR) is 140 cm³/mol. The second kappa shape index (κ2) is 10.1. The number of phenols is 1. The molecule has 3 aromatic carbocycles. The fraction of sp³-hybridized carbons (Fsp3) is 0.172. The monoisotopic (exact) mass is 500 g/mol. The molecule has 0 aliphatic carbocycles. The van der Waals surface area contributed by atoms with E-state index in [0.717, 1.165) is 27.9 Å². The molecule has 4 aromatic rings. The van der Waals surface area contributed by atoms with Crippen LogP contribution < -0.4 is 4.90 Å². The highest BCUT2D eigenvalue weighted by atomic mass is 32.2. The number of phenolic OH excluding ortho intramolecular Hbond substituents is 1. The second-order valence-corrected chi connectivity index (χ2v) is 10.0. The average molecular weight is 501 g/mol. The molecule has 0 unspecified atom stereocenters. The lowest BCUT2D eigenvalue weighted by molar-refractivity contribution is -0.123. The zero-order valence-corrected chi connectivity index (χ0v) is 20.4. The molecule has 7 heteroatoms. The Balaban J connectivity index is 1.37. The molecule has 0 saturated carbocycles. The van der Waals surface area contributed by atoms with Crippen LogP contribution in [0.2, 0.25) is 0 Å². The molecule has 1 amide bonds. The third-order valence-electron chi connectivity index (χ3n) is 6.32. The van der Waals surface area contributed by atoms with E-state index in [1.165, 1.54) is 23.9 Å². The van der Waals surface area contributed by atoms with Gasteiger partial charge in [-0.05, 0) is 71.6 Å². The highest BCUT2D eigenvalue weighted by Gasteiger charge is 2.49. The number of pyridine rings is 1. The molecule has 36 heavy (non-hydrogen) atoms. The van der Waals surface area contributed by atoms with Gasteiger partial charge in [0.15, 0.2) is 0 Å². The standard InChI is InChI=1S/C29H25FN2O3S/c1-18-14-22(16-31-15-18)19-4-10-24(11-5-19)32-27(21-6-12-25(33)13-7-21)28(29(32)35)36-17-26(34)20-2-8-23(30)9-3-20/h2-16,26-28,33-34H,17H2,1H3/t26-,27+,28+/m0/s1. The number of rotatable bonds is 7. The van der Waals surface area contributed by atoms with E-state index in [-0.39, 0.29) is 23.5 Å². The number of nitrogens with zero attached hydrogens (tertiary/aromatic N) is 2. The number of aromatic hydroxyl groups is 1. The number of carbonyl (C=O) groups excluding carboxylic acids is 1. The Labute approximate surface area is 213 Å². The Morgan fingerprint density at radius 3 is 2.33 bits per heavy atom. The zero-order valence-electron chi connectivity index (χ0n) is 19.6. The smallest absolute Gasteiger partial charge is 0.243 e. The number of benzene rings is 3. The second-order valence-electron chi connectivity index (χ2n) is 8.86. The molecule has 5 nitrogen and oxygen atoms in total. The van der Waals surface area contributed by atoms with E-state index in [1.807, 2.05) is 55.7 Å². The van der Waals surface area contributed by atoms with Crippen LogP contribution in [-0.4, -0.2) is 32.1 Å². The van der Waals surface area contributed by atoms with Gasteiger partial charge < -0.3 is 15.1 Å². The van der Waals surface area contributed by atoms with E-state index in [0.29, 0.717) is 11.3 Å². The maximum Gasteiger partial charge on any atom is 0.243 e. The van der Waals surface area contributed by atoms with Gasteiger partial charge in [-0.25, -0.2) is 4.39 Å². The molecular formula is C29H25FN2O3S. The summed E-state index contributed by atoms with van der Waals surface area (Å²) in [5.74, 6) is 0.0434. The molecular weight excluding hydrogens is 475 g/mol. The van der Waals surface area contributed by atoms with Gasteiger partial charge in [-0.1, -0.05) is 36.4 Å². The molecule has 0 radical (unpaired) electrons. The van der Waals surface area contributed by atoms with E-state index in [1.54, 1.807) is 29.2 Å². The van der Waals surface area contributed by atoms with E-state index >= 15 is 0 Å². The van der Waals surface area contributed by atoms with Crippen molar-refractivity contribution in [1.29, 1.82) is 0 Å². The maximum absolute atomic E-state index is 13.3. The third-order valence-corrected chi connectivity index (χ3v) is 7.65. The topological polar surface area (TPSA) is 73.7 Å². The number of halogens is 1. The summed E-state index contributed by atoms with van der Waals surface area (Å²) in [6.07, 6.45) is 2.80. The van der Waals surface area contributed by atoms with Crippen LogP contribution in [0.3, 0.4) is 0 Å². The van der Waals surface area contributed by atoms with Crippen molar-refractivity contribution in [2.75, 3.05) is 10.7 Å². The van der Waals surface area contributed by atoms with Crippen LogP contribution in [-0.2, 0) is 4.79 Å². The zero-order chi connectivity index (χ0) is 25.2. The molecule has 1 aliphatic heterocycles. The summed E-state index contributed by atoms with van der Waals surface area (Å²) >= 11 is 1.38. The first kappa shape index (κ1) is 24.0. The van der Waals surface area contributed by atoms with Crippen molar-refractivity contribution in [2.45, 2.75) is 24.3 Å². The van der Waals surface area contributed by atoms with Gasteiger partial charge in [0.2, 0.25) is 5.91 Å². The molecule has 2 heterocycles. The molecule has 0 bridgehead atoms. The minimum atomic E-state index is -0.819. The normalized spacial score (nSPS) is 18.1. The quantitative estimate of drug-likeness (QED) is 0.313. The lowest BCUT2D eigenvalue weighted by atomic mass is 9.92. The van der Waals surface area contributed by atoms with Gasteiger partial charge >= 0.3 is 0 Å². The summed E-state index contributed by atoms with van der Waals surface area (Å²) in [6.45, 7) is 2.00. The Kier molecular flexibility index (Phi) is 6.76. The van der Waals surface area contributed by atoms with Crippen LogP contribution in [0.25, 0.3) is 11.1 Å². The lowest BCUT2D eigenvalue weighted by Gasteiger charge is -2.47. The van der Waals surface area contributed by atoms with Crippen molar-refractivity contribution in [1.82, 2.24) is 4.98 Å². The van der Waals surface area contributed by atoms with Crippen LogP contribution in [0.1, 0.15) is 28.8 Å². The van der Waals surface area contributed by atoms with E-state index < -0.39 is 11.4 Å².